The molecule has 2 rings (SSSR count). The Bertz CT molecular complexity index is 574. The topological polar surface area (TPSA) is 21.3 Å². The van der Waals surface area contributed by atoms with Crippen LogP contribution < -0.4 is 10.1 Å². The van der Waals surface area contributed by atoms with Crippen LogP contribution in [0, 0.1) is 0 Å². The molecular weight excluding hydrogens is 290 g/mol. The Balaban J connectivity index is 2.29. The minimum atomic E-state index is 0.752. The van der Waals surface area contributed by atoms with Crippen LogP contribution in [-0.4, -0.2) is 13.7 Å². The van der Waals surface area contributed by atoms with Gasteiger partial charge in [0.15, 0.2) is 0 Å². The van der Waals surface area contributed by atoms with Crippen molar-refractivity contribution in [2.75, 3.05) is 13.7 Å². The average Bonchev–Trinajstić information content (AvgIpc) is 2.47. The monoisotopic (exact) mass is 307 g/mol. The summed E-state index contributed by atoms with van der Waals surface area (Å²) >= 11 is 7.81. The van der Waals surface area contributed by atoms with Gasteiger partial charge in [-0.15, -0.1) is 0 Å². The molecule has 2 aromatic rings. The van der Waals surface area contributed by atoms with E-state index in [2.05, 4.69) is 24.4 Å². The lowest BCUT2D eigenvalue weighted by molar-refractivity contribution is 0.405. The van der Waals surface area contributed by atoms with Crippen molar-refractivity contribution in [1.29, 1.82) is 0 Å². The second-order valence-electron chi connectivity index (χ2n) is 4.29. The highest BCUT2D eigenvalue weighted by Crippen LogP contribution is 2.37. The molecule has 106 valence electrons. The van der Waals surface area contributed by atoms with Crippen LogP contribution in [0.3, 0.4) is 0 Å². The highest BCUT2D eigenvalue weighted by Gasteiger charge is 2.09. The summed E-state index contributed by atoms with van der Waals surface area (Å²) in [6.45, 7) is 3.88. The third kappa shape index (κ3) is 3.92. The van der Waals surface area contributed by atoms with Gasteiger partial charge in [0, 0.05) is 16.5 Å². The number of hydrogen-bond acceptors (Lipinski definition) is 3. The third-order valence-corrected chi connectivity index (χ3v) is 4.28. The molecule has 0 saturated carbocycles. The molecule has 0 aliphatic heterocycles. The molecule has 0 aliphatic carbocycles. The summed E-state index contributed by atoms with van der Waals surface area (Å²) < 4.78 is 5.40. The SMILES string of the molecule is CCNCc1ccc(Cl)cc1Sc1ccccc1OC. The van der Waals surface area contributed by atoms with E-state index in [1.807, 2.05) is 30.3 Å². The largest absolute Gasteiger partial charge is 0.496 e. The van der Waals surface area contributed by atoms with Gasteiger partial charge in [-0.25, -0.2) is 0 Å². The molecule has 0 aliphatic rings. The molecule has 0 heterocycles. The van der Waals surface area contributed by atoms with Crippen molar-refractivity contribution in [3.05, 3.63) is 53.1 Å². The number of methoxy groups -OCH3 is 1. The van der Waals surface area contributed by atoms with Gasteiger partial charge in [0.25, 0.3) is 0 Å². The van der Waals surface area contributed by atoms with E-state index in [9.17, 15) is 0 Å². The summed E-state index contributed by atoms with van der Waals surface area (Å²) in [5.41, 5.74) is 1.24. The summed E-state index contributed by atoms with van der Waals surface area (Å²) in [6, 6.07) is 14.0. The van der Waals surface area contributed by atoms with E-state index in [0.717, 1.165) is 33.7 Å². The molecule has 0 aromatic heterocycles. The summed E-state index contributed by atoms with van der Waals surface area (Å²) in [6.07, 6.45) is 0. The number of hydrogen-bond donors (Lipinski definition) is 1. The minimum absolute atomic E-state index is 0.752. The zero-order valence-electron chi connectivity index (χ0n) is 11.7. The van der Waals surface area contributed by atoms with Crippen LogP contribution in [0.1, 0.15) is 12.5 Å². The fraction of sp³-hybridized carbons (Fsp3) is 0.250. The molecule has 0 spiro atoms. The Morgan fingerprint density at radius 1 is 1.15 bits per heavy atom. The van der Waals surface area contributed by atoms with Gasteiger partial charge >= 0.3 is 0 Å². The maximum Gasteiger partial charge on any atom is 0.132 e. The molecule has 0 radical (unpaired) electrons. The molecule has 1 N–H and O–H groups in total. The van der Waals surface area contributed by atoms with Gasteiger partial charge in [0.1, 0.15) is 5.75 Å². The fourth-order valence-corrected chi connectivity index (χ4v) is 3.18. The van der Waals surface area contributed by atoms with Crippen LogP contribution in [0.2, 0.25) is 5.02 Å². The Morgan fingerprint density at radius 3 is 2.70 bits per heavy atom. The molecule has 0 saturated heterocycles. The molecule has 0 unspecified atom stereocenters. The van der Waals surface area contributed by atoms with Gasteiger partial charge in [0.05, 0.1) is 12.0 Å². The summed E-state index contributed by atoms with van der Waals surface area (Å²) in [4.78, 5) is 2.25. The smallest absolute Gasteiger partial charge is 0.132 e. The first-order valence-electron chi connectivity index (χ1n) is 6.54. The predicted molar refractivity (Wildman–Crippen MR) is 85.9 cm³/mol. The van der Waals surface area contributed by atoms with E-state index in [-0.39, 0.29) is 0 Å². The average molecular weight is 308 g/mol. The van der Waals surface area contributed by atoms with Gasteiger partial charge in [-0.1, -0.05) is 48.5 Å². The number of halogens is 1. The van der Waals surface area contributed by atoms with Crippen molar-refractivity contribution >= 4 is 23.4 Å². The van der Waals surface area contributed by atoms with E-state index >= 15 is 0 Å². The Kier molecular flexibility index (Phi) is 5.77. The summed E-state index contributed by atoms with van der Waals surface area (Å²) in [5, 5.41) is 4.10. The Morgan fingerprint density at radius 2 is 1.95 bits per heavy atom. The maximum absolute atomic E-state index is 6.13. The minimum Gasteiger partial charge on any atom is -0.496 e. The molecular formula is C16H18ClNOS. The normalized spacial score (nSPS) is 10.6. The number of benzene rings is 2. The standard InChI is InChI=1S/C16H18ClNOS/c1-3-18-11-12-8-9-13(17)10-16(12)20-15-7-5-4-6-14(15)19-2/h4-10,18H,3,11H2,1-2H3. The maximum atomic E-state index is 6.13. The predicted octanol–water partition coefficient (Wildman–Crippen LogP) is 4.61. The van der Waals surface area contributed by atoms with Gasteiger partial charge in [-0.2, -0.15) is 0 Å². The quantitative estimate of drug-likeness (QED) is 0.842. The zero-order valence-corrected chi connectivity index (χ0v) is 13.2. The van der Waals surface area contributed by atoms with Crippen LogP contribution in [-0.2, 0) is 6.54 Å². The lowest BCUT2D eigenvalue weighted by atomic mass is 10.2. The molecule has 0 amide bonds. The molecule has 0 bridgehead atoms. The second-order valence-corrected chi connectivity index (χ2v) is 5.81. The van der Waals surface area contributed by atoms with E-state index < -0.39 is 0 Å². The van der Waals surface area contributed by atoms with Crippen LogP contribution >= 0.6 is 23.4 Å². The van der Waals surface area contributed by atoms with E-state index in [0.29, 0.717) is 0 Å². The molecule has 0 fully saturated rings. The van der Waals surface area contributed by atoms with Crippen LogP contribution in [0.25, 0.3) is 0 Å². The lowest BCUT2D eigenvalue weighted by Crippen LogP contribution is -2.12. The number of para-hydroxylation sites is 1. The highest BCUT2D eigenvalue weighted by molar-refractivity contribution is 7.99. The van der Waals surface area contributed by atoms with Crippen molar-refractivity contribution in [3.8, 4) is 5.75 Å². The van der Waals surface area contributed by atoms with Crippen molar-refractivity contribution < 1.29 is 4.74 Å². The van der Waals surface area contributed by atoms with Crippen molar-refractivity contribution in [1.82, 2.24) is 5.32 Å². The summed E-state index contributed by atoms with van der Waals surface area (Å²) in [7, 11) is 1.69. The van der Waals surface area contributed by atoms with Crippen LogP contribution in [0.15, 0.2) is 52.3 Å². The molecule has 4 heteroatoms. The Labute approximate surface area is 129 Å². The highest BCUT2D eigenvalue weighted by atomic mass is 35.5. The van der Waals surface area contributed by atoms with Crippen molar-refractivity contribution in [2.24, 2.45) is 0 Å². The van der Waals surface area contributed by atoms with Gasteiger partial charge in [-0.3, -0.25) is 0 Å². The first-order valence-corrected chi connectivity index (χ1v) is 7.74. The van der Waals surface area contributed by atoms with Gasteiger partial charge in [0.2, 0.25) is 0 Å². The molecule has 2 aromatic carbocycles. The number of ether oxygens (including phenoxy) is 1. The zero-order chi connectivity index (χ0) is 14.4. The fourth-order valence-electron chi connectivity index (χ4n) is 1.85. The first kappa shape index (κ1) is 15.2. The molecule has 2 nitrogen and oxygen atoms in total. The first-order chi connectivity index (χ1) is 9.74. The van der Waals surface area contributed by atoms with E-state index in [4.69, 9.17) is 16.3 Å². The van der Waals surface area contributed by atoms with Crippen molar-refractivity contribution in [3.63, 3.8) is 0 Å². The number of rotatable bonds is 6. The van der Waals surface area contributed by atoms with Gasteiger partial charge in [-0.05, 0) is 36.4 Å². The molecule has 0 atom stereocenters. The second kappa shape index (κ2) is 7.58. The third-order valence-electron chi connectivity index (χ3n) is 2.88. The van der Waals surface area contributed by atoms with Crippen molar-refractivity contribution in [2.45, 2.75) is 23.3 Å². The van der Waals surface area contributed by atoms with Crippen LogP contribution in [0.5, 0.6) is 5.75 Å². The Hall–Kier alpha value is -1.16. The van der Waals surface area contributed by atoms with E-state index in [1.165, 1.54) is 5.56 Å². The molecule has 20 heavy (non-hydrogen) atoms. The lowest BCUT2D eigenvalue weighted by Gasteiger charge is -2.12. The summed E-state index contributed by atoms with van der Waals surface area (Å²) in [5.74, 6) is 0.881. The van der Waals surface area contributed by atoms with Gasteiger partial charge < -0.3 is 10.1 Å². The van der Waals surface area contributed by atoms with E-state index in [1.54, 1.807) is 18.9 Å². The van der Waals surface area contributed by atoms with Crippen LogP contribution in [0.4, 0.5) is 0 Å². The number of nitrogens with one attached hydrogen (secondary N) is 1.